The van der Waals surface area contributed by atoms with Gasteiger partial charge in [-0.2, -0.15) is 10.4 Å². The van der Waals surface area contributed by atoms with Gasteiger partial charge in [0.2, 0.25) is 5.60 Å². The Morgan fingerprint density at radius 1 is 1.11 bits per heavy atom. The summed E-state index contributed by atoms with van der Waals surface area (Å²) in [7, 11) is 0. The summed E-state index contributed by atoms with van der Waals surface area (Å²) >= 11 is 0. The molecule has 0 aromatic carbocycles. The molecule has 1 aliphatic heterocycles. The van der Waals surface area contributed by atoms with Crippen LogP contribution in [0.1, 0.15) is 47.0 Å². The molecule has 12 heteroatoms. The van der Waals surface area contributed by atoms with Gasteiger partial charge in [0.05, 0.1) is 26.2 Å². The van der Waals surface area contributed by atoms with Crippen LogP contribution in [-0.4, -0.2) is 57.4 Å². The highest BCUT2D eigenvalue weighted by molar-refractivity contribution is 5.77. The minimum absolute atomic E-state index is 0.0528. The van der Waals surface area contributed by atoms with E-state index in [0.29, 0.717) is 44.0 Å². The van der Waals surface area contributed by atoms with Crippen LogP contribution in [0, 0.1) is 29.1 Å². The third kappa shape index (κ3) is 3.93. The van der Waals surface area contributed by atoms with Crippen molar-refractivity contribution in [3.8, 4) is 6.07 Å². The smallest absolute Gasteiger partial charge is 0.309 e. The number of nitriles is 1. The second kappa shape index (κ2) is 8.44. The number of esters is 3. The van der Waals surface area contributed by atoms with E-state index in [2.05, 4.69) is 10.1 Å². The van der Waals surface area contributed by atoms with Crippen molar-refractivity contribution in [3.05, 3.63) is 24.2 Å². The first kappa shape index (κ1) is 20.5. The van der Waals surface area contributed by atoms with E-state index in [1.165, 1.54) is 16.6 Å². The first-order valence-corrected chi connectivity index (χ1v) is 12.0. The summed E-state index contributed by atoms with van der Waals surface area (Å²) in [4.78, 5) is 42.1. The Hall–Kier alpha value is -3.72. The fraction of sp³-hybridized carbons (Fsp3) is 0.583. The Morgan fingerprint density at radius 3 is 2.39 bits per heavy atom. The molecule has 12 nitrogen and oxygen atoms in total. The van der Waals surface area contributed by atoms with Gasteiger partial charge >= 0.3 is 17.9 Å². The second-order valence-electron chi connectivity index (χ2n) is 9.67. The average Bonchev–Trinajstić information content (AvgIpc) is 3.73. The lowest BCUT2D eigenvalue weighted by atomic mass is 9.92. The number of carbonyl (C=O) groups excluding carboxylic acids is 3. The van der Waals surface area contributed by atoms with Crippen molar-refractivity contribution < 1.29 is 36.1 Å². The van der Waals surface area contributed by atoms with Crippen molar-refractivity contribution in [2.24, 2.45) is 17.8 Å². The van der Waals surface area contributed by atoms with Gasteiger partial charge in [-0.1, -0.05) is 0 Å². The summed E-state index contributed by atoms with van der Waals surface area (Å²) in [6.45, 7) is -2.84. The van der Waals surface area contributed by atoms with Crippen LogP contribution in [0.25, 0.3) is 5.52 Å². The van der Waals surface area contributed by atoms with Crippen molar-refractivity contribution in [1.82, 2.24) is 14.6 Å². The van der Waals surface area contributed by atoms with Gasteiger partial charge in [-0.05, 0) is 50.7 Å². The zero-order chi connectivity index (χ0) is 26.8. The first-order chi connectivity index (χ1) is 18.1. The molecule has 3 aliphatic carbocycles. The van der Waals surface area contributed by atoms with E-state index in [1.807, 2.05) is 6.07 Å². The number of hydrogen-bond acceptors (Lipinski definition) is 11. The van der Waals surface area contributed by atoms with Crippen LogP contribution in [0.5, 0.6) is 0 Å². The number of nitrogens with two attached hydrogens (primary N) is 1. The summed E-state index contributed by atoms with van der Waals surface area (Å²) in [5.41, 5.74) is 4.15. The minimum Gasteiger partial charge on any atom is -0.463 e. The van der Waals surface area contributed by atoms with E-state index in [1.54, 1.807) is 0 Å². The van der Waals surface area contributed by atoms with Gasteiger partial charge in [0.25, 0.3) is 0 Å². The fourth-order valence-electron chi connectivity index (χ4n) is 4.28. The van der Waals surface area contributed by atoms with Crippen LogP contribution >= 0.6 is 0 Å². The number of nitrogens with zero attached hydrogens (tertiary/aromatic N) is 4. The van der Waals surface area contributed by atoms with Gasteiger partial charge < -0.3 is 24.7 Å². The van der Waals surface area contributed by atoms with E-state index in [4.69, 9.17) is 27.4 Å². The largest absolute Gasteiger partial charge is 0.463 e. The molecule has 3 saturated carbocycles. The summed E-state index contributed by atoms with van der Waals surface area (Å²) in [6.07, 6.45) is -0.312. The molecule has 3 heterocycles. The maximum atomic E-state index is 12.9. The van der Waals surface area contributed by atoms with Gasteiger partial charge in [0, 0.05) is 0 Å². The molecule has 188 valence electrons. The summed E-state index contributed by atoms with van der Waals surface area (Å²) < 4.78 is 41.3. The standard InChI is InChI=1S/C24H25N5O7/c25-10-24(17-8-7-15-20(26)27-11-28-29(15)17)19(35-23(32)14-5-6-14)18(34-22(31)13-3-4-13)16(36-24)9-33-21(30)12-1-2-12/h7-8,11-14,16,18-19H,1-6,9H2,(H2,26,27,28)/t16-,18-,19-,24+/m1/s1/i9D2. The number of ether oxygens (including phenoxy) is 4. The summed E-state index contributed by atoms with van der Waals surface area (Å²) in [5.74, 6) is -3.15. The Morgan fingerprint density at radius 2 is 1.75 bits per heavy atom. The third-order valence-corrected chi connectivity index (χ3v) is 6.84. The molecule has 0 spiro atoms. The van der Waals surface area contributed by atoms with Gasteiger partial charge in [0.15, 0.2) is 18.0 Å². The predicted octanol–water partition coefficient (Wildman–Crippen LogP) is 1.03. The van der Waals surface area contributed by atoms with Crippen LogP contribution < -0.4 is 5.73 Å². The second-order valence-corrected chi connectivity index (χ2v) is 9.67. The predicted molar refractivity (Wildman–Crippen MR) is 118 cm³/mol. The zero-order valence-corrected chi connectivity index (χ0v) is 19.2. The van der Waals surface area contributed by atoms with Crippen molar-refractivity contribution in [1.29, 1.82) is 5.26 Å². The third-order valence-electron chi connectivity index (χ3n) is 6.84. The number of nitrogen functional groups attached to an aromatic ring is 1. The SMILES string of the molecule is [2H]C([2H])(OC(=O)C1CC1)[C@H]1O[C@@](C#N)(c2ccc3c(N)ncnn23)[C@H](OC(=O)C2CC2)[C@@H]1OC(=O)C1CC1. The van der Waals surface area contributed by atoms with Crippen LogP contribution in [0.3, 0.4) is 0 Å². The minimum atomic E-state index is -2.84. The molecule has 2 aromatic heterocycles. The number of fused-ring (bicyclic) bond motifs is 1. The molecule has 1 saturated heterocycles. The number of carbonyl (C=O) groups is 3. The molecule has 2 aromatic rings. The summed E-state index contributed by atoms with van der Waals surface area (Å²) in [5, 5.41) is 14.7. The van der Waals surface area contributed by atoms with E-state index in [-0.39, 0.29) is 11.5 Å². The average molecular weight is 498 g/mol. The van der Waals surface area contributed by atoms with Gasteiger partial charge in [0.1, 0.15) is 30.6 Å². The number of aromatic nitrogens is 3. The zero-order valence-electron chi connectivity index (χ0n) is 21.2. The van der Waals surface area contributed by atoms with Crippen LogP contribution in [-0.2, 0) is 38.9 Å². The number of rotatable bonds is 8. The normalized spacial score (nSPS) is 30.7. The van der Waals surface area contributed by atoms with Crippen molar-refractivity contribution in [2.75, 3.05) is 12.3 Å². The molecule has 4 aliphatic rings. The Bertz CT molecular complexity index is 1360. The van der Waals surface area contributed by atoms with E-state index >= 15 is 0 Å². The summed E-state index contributed by atoms with van der Waals surface area (Å²) in [6, 6.07) is 5.03. The lowest BCUT2D eigenvalue weighted by Gasteiger charge is -2.28. The number of hydrogen-bond donors (Lipinski definition) is 1. The van der Waals surface area contributed by atoms with E-state index in [9.17, 15) is 19.6 Å². The molecule has 0 unspecified atom stereocenters. The maximum absolute atomic E-state index is 12.9. The highest BCUT2D eigenvalue weighted by Gasteiger charge is 2.63. The van der Waals surface area contributed by atoms with Gasteiger partial charge in [-0.3, -0.25) is 14.4 Å². The molecule has 6 rings (SSSR count). The van der Waals surface area contributed by atoms with Crippen molar-refractivity contribution >= 4 is 29.2 Å². The van der Waals surface area contributed by atoms with Crippen LogP contribution in [0.4, 0.5) is 5.82 Å². The van der Waals surface area contributed by atoms with E-state index in [0.717, 1.165) is 6.33 Å². The molecule has 0 bridgehead atoms. The van der Waals surface area contributed by atoms with Crippen molar-refractivity contribution in [3.63, 3.8) is 0 Å². The fourth-order valence-corrected chi connectivity index (χ4v) is 4.28. The quantitative estimate of drug-likeness (QED) is 0.408. The molecule has 4 atom stereocenters. The van der Waals surface area contributed by atoms with Gasteiger partial charge in [-0.25, -0.2) is 9.50 Å². The van der Waals surface area contributed by atoms with E-state index < -0.39 is 66.1 Å². The molecule has 2 N–H and O–H groups in total. The maximum Gasteiger partial charge on any atom is 0.309 e. The Balaban J connectivity index is 1.46. The molecule has 4 fully saturated rings. The molecular formula is C24H25N5O7. The topological polar surface area (TPSA) is 168 Å². The molecule has 0 radical (unpaired) electrons. The first-order valence-electron chi connectivity index (χ1n) is 13.0. The van der Waals surface area contributed by atoms with Gasteiger partial charge in [-0.15, -0.1) is 0 Å². The monoisotopic (exact) mass is 497 g/mol. The van der Waals surface area contributed by atoms with Crippen LogP contribution in [0.2, 0.25) is 0 Å². The van der Waals surface area contributed by atoms with Crippen LogP contribution in [0.15, 0.2) is 18.5 Å². The Labute approximate surface area is 208 Å². The highest BCUT2D eigenvalue weighted by atomic mass is 16.7. The highest BCUT2D eigenvalue weighted by Crippen LogP contribution is 2.46. The molecule has 36 heavy (non-hydrogen) atoms. The lowest BCUT2D eigenvalue weighted by molar-refractivity contribution is -0.171. The number of anilines is 1. The molecular weight excluding hydrogens is 470 g/mol. The van der Waals surface area contributed by atoms with Crippen molar-refractivity contribution in [2.45, 2.75) is 62.4 Å². The molecule has 0 amide bonds. The Kier molecular flexibility index (Phi) is 4.80. The lowest BCUT2D eigenvalue weighted by Crippen LogP contribution is -2.46.